The minimum atomic E-state index is 0.215. The molecule has 0 radical (unpaired) electrons. The van der Waals surface area contributed by atoms with Gasteiger partial charge in [0.25, 0.3) is 0 Å². The largest absolute Gasteiger partial charge is 0.381 e. The number of aromatic nitrogens is 1. The summed E-state index contributed by atoms with van der Waals surface area (Å²) >= 11 is 0. The number of H-pyrrole nitrogens is 1. The van der Waals surface area contributed by atoms with E-state index in [4.69, 9.17) is 9.47 Å². The van der Waals surface area contributed by atoms with Gasteiger partial charge in [0, 0.05) is 25.7 Å². The van der Waals surface area contributed by atoms with Crippen molar-refractivity contribution in [3.8, 4) is 6.07 Å². The van der Waals surface area contributed by atoms with Gasteiger partial charge in [-0.3, -0.25) is 0 Å². The summed E-state index contributed by atoms with van der Waals surface area (Å²) < 4.78 is 11.0. The quantitative estimate of drug-likeness (QED) is 0.527. The highest BCUT2D eigenvalue weighted by Crippen LogP contribution is 2.26. The van der Waals surface area contributed by atoms with E-state index in [1.54, 1.807) is 7.11 Å². The molecule has 2 atom stereocenters. The molecule has 3 heterocycles. The molecule has 1 saturated heterocycles. The molecule has 164 valence electrons. The summed E-state index contributed by atoms with van der Waals surface area (Å²) in [6, 6.07) is 13.1. The van der Waals surface area contributed by atoms with Gasteiger partial charge in [0.05, 0.1) is 37.9 Å². The van der Waals surface area contributed by atoms with Crippen LogP contribution in [-0.4, -0.2) is 46.1 Å². The summed E-state index contributed by atoms with van der Waals surface area (Å²) in [6.45, 7) is 5.77. The highest BCUT2D eigenvalue weighted by atomic mass is 16.5. The second-order valence-corrected chi connectivity index (χ2v) is 8.34. The van der Waals surface area contributed by atoms with Crippen LogP contribution in [0.5, 0.6) is 0 Å². The molecule has 0 bridgehead atoms. The monoisotopic (exact) mass is 423 g/mol. The van der Waals surface area contributed by atoms with Crippen LogP contribution in [0.2, 0.25) is 0 Å². The predicted molar refractivity (Wildman–Crippen MR) is 119 cm³/mol. The van der Waals surface area contributed by atoms with Gasteiger partial charge >= 0.3 is 0 Å². The molecule has 2 aromatic rings. The smallest absolute Gasteiger partial charge is 0.237 e. The van der Waals surface area contributed by atoms with E-state index in [1.807, 2.05) is 0 Å². The topological polar surface area (TPSA) is 84.9 Å². The molecule has 1 unspecified atom stereocenters. The molecule has 1 fully saturated rings. The van der Waals surface area contributed by atoms with Crippen LogP contribution in [-0.2, 0) is 29.0 Å². The maximum absolute atomic E-state index is 9.98. The lowest BCUT2D eigenvalue weighted by molar-refractivity contribution is -0.929. The van der Waals surface area contributed by atoms with E-state index in [0.717, 1.165) is 68.3 Å². The van der Waals surface area contributed by atoms with Crippen LogP contribution in [0.3, 0.4) is 0 Å². The van der Waals surface area contributed by atoms with Crippen molar-refractivity contribution in [1.82, 2.24) is 0 Å². The Labute approximate surface area is 184 Å². The van der Waals surface area contributed by atoms with Crippen LogP contribution in [0.4, 0.5) is 11.6 Å². The van der Waals surface area contributed by atoms with Crippen LogP contribution in [0.1, 0.15) is 35.1 Å². The molecule has 4 N–H and O–H groups in total. The van der Waals surface area contributed by atoms with Gasteiger partial charge in [0.1, 0.15) is 24.7 Å². The van der Waals surface area contributed by atoms with Crippen LogP contribution >= 0.6 is 0 Å². The van der Waals surface area contributed by atoms with Gasteiger partial charge in [-0.1, -0.05) is 30.3 Å². The lowest BCUT2D eigenvalue weighted by Crippen LogP contribution is -3.10. The van der Waals surface area contributed by atoms with Gasteiger partial charge in [-0.15, -0.1) is 0 Å². The molecule has 2 aliphatic heterocycles. The summed E-state index contributed by atoms with van der Waals surface area (Å²) in [6.07, 6.45) is 3.28. The fourth-order valence-corrected chi connectivity index (χ4v) is 4.57. The standard InChI is InChI=1S/C24H31N5O2/c1-30-13-10-26-24-22-17-29(16-18-6-3-2-4-7-18)11-9-20(22)21(14-25)23(28-24)27-15-19-8-5-12-31-19/h2-4,6-7,19H,5,8-13,15-17H2,1H3,(H2,26,27,28)/p+2/t19-/m0/s1. The predicted octanol–water partition coefficient (Wildman–Crippen LogP) is 1.16. The first kappa shape index (κ1) is 21.6. The van der Waals surface area contributed by atoms with Gasteiger partial charge in [-0.2, -0.15) is 5.26 Å². The Bertz CT molecular complexity index is 906. The fourth-order valence-electron chi connectivity index (χ4n) is 4.57. The van der Waals surface area contributed by atoms with Crippen molar-refractivity contribution in [3.05, 3.63) is 52.6 Å². The zero-order chi connectivity index (χ0) is 21.5. The van der Waals surface area contributed by atoms with Gasteiger partial charge in [-0.05, 0) is 18.4 Å². The highest BCUT2D eigenvalue weighted by molar-refractivity contribution is 5.60. The van der Waals surface area contributed by atoms with Crippen LogP contribution < -0.4 is 20.5 Å². The molecule has 31 heavy (non-hydrogen) atoms. The lowest BCUT2D eigenvalue weighted by Gasteiger charge is -2.27. The van der Waals surface area contributed by atoms with Crippen molar-refractivity contribution in [3.63, 3.8) is 0 Å². The van der Waals surface area contributed by atoms with Gasteiger partial charge in [-0.25, -0.2) is 4.98 Å². The molecular formula is C24H33N5O2+2. The molecule has 7 heteroatoms. The molecule has 0 spiro atoms. The van der Waals surface area contributed by atoms with E-state index in [1.165, 1.54) is 16.0 Å². The normalized spacial score (nSPS) is 20.1. The van der Waals surface area contributed by atoms with Crippen molar-refractivity contribution in [2.24, 2.45) is 0 Å². The minimum absolute atomic E-state index is 0.215. The third-order valence-electron chi connectivity index (χ3n) is 6.17. The molecule has 0 aliphatic carbocycles. The number of nitrogens with one attached hydrogen (secondary N) is 4. The maximum atomic E-state index is 9.98. The summed E-state index contributed by atoms with van der Waals surface area (Å²) in [5, 5.41) is 16.9. The second-order valence-electron chi connectivity index (χ2n) is 8.34. The van der Waals surface area contributed by atoms with Crippen molar-refractivity contribution in [2.45, 2.75) is 38.5 Å². The zero-order valence-corrected chi connectivity index (χ0v) is 18.3. The van der Waals surface area contributed by atoms with Gasteiger partial charge in [0.15, 0.2) is 0 Å². The Morgan fingerprint density at radius 3 is 2.84 bits per heavy atom. The van der Waals surface area contributed by atoms with E-state index < -0.39 is 0 Å². The van der Waals surface area contributed by atoms with Crippen molar-refractivity contribution in [1.29, 1.82) is 5.26 Å². The Morgan fingerprint density at radius 2 is 2.10 bits per heavy atom. The lowest BCUT2D eigenvalue weighted by atomic mass is 9.95. The summed E-state index contributed by atoms with van der Waals surface area (Å²) in [5.41, 5.74) is 4.46. The Hall–Kier alpha value is -2.66. The number of pyridine rings is 1. The van der Waals surface area contributed by atoms with Gasteiger partial charge in [0.2, 0.25) is 11.6 Å². The molecule has 1 aromatic carbocycles. The highest BCUT2D eigenvalue weighted by Gasteiger charge is 2.31. The third-order valence-corrected chi connectivity index (χ3v) is 6.17. The average molecular weight is 424 g/mol. The number of hydrogen-bond acceptors (Lipinski definition) is 5. The van der Waals surface area contributed by atoms with Crippen LogP contribution in [0, 0.1) is 11.3 Å². The van der Waals surface area contributed by atoms with Crippen molar-refractivity contribution < 1.29 is 19.4 Å². The van der Waals surface area contributed by atoms with Gasteiger partial charge < -0.3 is 25.0 Å². The van der Waals surface area contributed by atoms with E-state index in [-0.39, 0.29) is 6.10 Å². The number of methoxy groups -OCH3 is 1. The number of nitrogens with zero attached hydrogens (tertiary/aromatic N) is 1. The fraction of sp³-hybridized carbons (Fsp3) is 0.500. The Balaban J connectivity index is 1.58. The number of quaternary nitrogens is 1. The van der Waals surface area contributed by atoms with E-state index in [2.05, 4.69) is 52.0 Å². The number of hydrogen-bond donors (Lipinski definition) is 3. The Morgan fingerprint density at radius 1 is 1.23 bits per heavy atom. The summed E-state index contributed by atoms with van der Waals surface area (Å²) in [7, 11) is 1.71. The average Bonchev–Trinajstić information content (AvgIpc) is 3.32. The van der Waals surface area contributed by atoms with Crippen LogP contribution in [0.15, 0.2) is 30.3 Å². The minimum Gasteiger partial charge on any atom is -0.381 e. The first-order valence-corrected chi connectivity index (χ1v) is 11.3. The van der Waals surface area contributed by atoms with Crippen molar-refractivity contribution >= 4 is 11.6 Å². The summed E-state index contributed by atoms with van der Waals surface area (Å²) in [4.78, 5) is 5.00. The number of nitriles is 1. The molecular weight excluding hydrogens is 390 g/mol. The first-order valence-electron chi connectivity index (χ1n) is 11.3. The molecule has 2 aliphatic rings. The number of benzene rings is 1. The van der Waals surface area contributed by atoms with Crippen LogP contribution in [0.25, 0.3) is 0 Å². The first-order chi connectivity index (χ1) is 15.3. The number of ether oxygens (including phenoxy) is 2. The number of aromatic amines is 1. The molecule has 7 nitrogen and oxygen atoms in total. The zero-order valence-electron chi connectivity index (χ0n) is 18.3. The molecule has 1 aromatic heterocycles. The van der Waals surface area contributed by atoms with E-state index >= 15 is 0 Å². The molecule has 4 rings (SSSR count). The molecule has 0 amide bonds. The second kappa shape index (κ2) is 10.6. The SMILES string of the molecule is COCCNc1[nH+]c(NC[C@@H]2CCCO2)c(C#N)c2c1C[NH+](Cc1ccccc1)CC2. The molecule has 0 saturated carbocycles. The maximum Gasteiger partial charge on any atom is 0.237 e. The summed E-state index contributed by atoms with van der Waals surface area (Å²) in [5.74, 6) is 1.79. The van der Waals surface area contributed by atoms with E-state index in [0.29, 0.717) is 19.7 Å². The number of anilines is 2. The van der Waals surface area contributed by atoms with E-state index in [9.17, 15) is 5.26 Å². The third kappa shape index (κ3) is 5.34. The number of fused-ring (bicyclic) bond motifs is 1. The van der Waals surface area contributed by atoms with Crippen molar-refractivity contribution in [2.75, 3.05) is 50.6 Å². The Kier molecular flexibility index (Phi) is 7.36. The number of rotatable bonds is 9.